The molecule has 0 aliphatic carbocycles. The van der Waals surface area contributed by atoms with Gasteiger partial charge in [0.2, 0.25) is 0 Å². The van der Waals surface area contributed by atoms with Crippen LogP contribution in [-0.2, 0) is 14.3 Å². The number of carbonyl (C=O) groups excluding carboxylic acids is 1. The molecule has 0 bridgehead atoms. The van der Waals surface area contributed by atoms with Gasteiger partial charge in [0.15, 0.2) is 11.2 Å². The van der Waals surface area contributed by atoms with Crippen molar-refractivity contribution in [3.63, 3.8) is 0 Å². The summed E-state index contributed by atoms with van der Waals surface area (Å²) in [5.74, 6) is 0.0563. The number of fused-ring (bicyclic) bond motifs is 1. The fourth-order valence-corrected chi connectivity index (χ4v) is 3.83. The van der Waals surface area contributed by atoms with E-state index in [9.17, 15) is 4.79 Å². The second-order valence-corrected chi connectivity index (χ2v) is 6.59. The molecule has 2 aliphatic rings. The molecule has 8 heteroatoms. The topological polar surface area (TPSA) is 67.8 Å². The number of aromatic nitrogens is 2. The standard InChI is InChI=1S/C15H18N4O3S/c20-14(18-3-6-21-7-4-18)12-10-19(5-8-22-12)15-17-11-9-16-2-1-13(11)23-15/h1-2,9,12H,3-8,10H2. The van der Waals surface area contributed by atoms with Gasteiger partial charge in [0, 0.05) is 25.8 Å². The average Bonchev–Trinajstić information content (AvgIpc) is 3.06. The Labute approximate surface area is 137 Å². The Kier molecular flexibility index (Phi) is 4.11. The van der Waals surface area contributed by atoms with E-state index in [4.69, 9.17) is 9.47 Å². The van der Waals surface area contributed by atoms with Crippen molar-refractivity contribution < 1.29 is 14.3 Å². The first-order valence-corrected chi connectivity index (χ1v) is 8.56. The molecule has 122 valence electrons. The first-order valence-electron chi connectivity index (χ1n) is 7.75. The molecule has 2 fully saturated rings. The van der Waals surface area contributed by atoms with Crippen molar-refractivity contribution in [3.05, 3.63) is 18.5 Å². The van der Waals surface area contributed by atoms with Gasteiger partial charge >= 0.3 is 0 Å². The Hall–Kier alpha value is -1.77. The molecule has 7 nitrogen and oxygen atoms in total. The lowest BCUT2D eigenvalue weighted by molar-refractivity contribution is -0.148. The maximum atomic E-state index is 12.6. The molecule has 4 heterocycles. The van der Waals surface area contributed by atoms with Gasteiger partial charge in [-0.2, -0.15) is 0 Å². The zero-order valence-electron chi connectivity index (χ0n) is 12.7. The summed E-state index contributed by atoms with van der Waals surface area (Å²) in [4.78, 5) is 25.3. The molecular formula is C15H18N4O3S. The molecule has 0 radical (unpaired) electrons. The van der Waals surface area contributed by atoms with Gasteiger partial charge in [-0.3, -0.25) is 9.78 Å². The van der Waals surface area contributed by atoms with Crippen LogP contribution in [0.25, 0.3) is 10.2 Å². The molecule has 2 aromatic heterocycles. The van der Waals surface area contributed by atoms with Gasteiger partial charge in [0.05, 0.1) is 37.3 Å². The van der Waals surface area contributed by atoms with Gasteiger partial charge in [0.25, 0.3) is 5.91 Å². The Morgan fingerprint density at radius 2 is 2.13 bits per heavy atom. The number of ether oxygens (including phenoxy) is 2. The van der Waals surface area contributed by atoms with E-state index < -0.39 is 6.10 Å². The van der Waals surface area contributed by atoms with E-state index in [0.29, 0.717) is 39.5 Å². The molecule has 1 unspecified atom stereocenters. The highest BCUT2D eigenvalue weighted by Gasteiger charge is 2.32. The first-order chi connectivity index (χ1) is 11.3. The van der Waals surface area contributed by atoms with E-state index in [1.165, 1.54) is 0 Å². The number of carbonyl (C=O) groups is 1. The largest absolute Gasteiger partial charge is 0.378 e. The van der Waals surface area contributed by atoms with Gasteiger partial charge in [-0.15, -0.1) is 0 Å². The van der Waals surface area contributed by atoms with Crippen LogP contribution in [0.5, 0.6) is 0 Å². The Morgan fingerprint density at radius 1 is 1.26 bits per heavy atom. The highest BCUT2D eigenvalue weighted by atomic mass is 32.1. The normalized spacial score (nSPS) is 22.5. The van der Waals surface area contributed by atoms with E-state index in [-0.39, 0.29) is 5.91 Å². The smallest absolute Gasteiger partial charge is 0.253 e. The van der Waals surface area contributed by atoms with Crippen molar-refractivity contribution in [2.24, 2.45) is 0 Å². The Morgan fingerprint density at radius 3 is 2.96 bits per heavy atom. The van der Waals surface area contributed by atoms with Gasteiger partial charge in [0.1, 0.15) is 5.52 Å². The van der Waals surface area contributed by atoms with Crippen molar-refractivity contribution >= 4 is 32.6 Å². The second-order valence-electron chi connectivity index (χ2n) is 5.58. The molecule has 0 aromatic carbocycles. The van der Waals surface area contributed by atoms with Crippen LogP contribution in [0.15, 0.2) is 18.5 Å². The molecule has 0 saturated carbocycles. The van der Waals surface area contributed by atoms with E-state index >= 15 is 0 Å². The third-order valence-electron chi connectivity index (χ3n) is 4.11. The summed E-state index contributed by atoms with van der Waals surface area (Å²) in [6.07, 6.45) is 3.12. The average molecular weight is 334 g/mol. The van der Waals surface area contributed by atoms with Crippen LogP contribution in [0, 0.1) is 0 Å². The number of amides is 1. The predicted molar refractivity (Wildman–Crippen MR) is 86.8 cm³/mol. The molecule has 2 aliphatic heterocycles. The molecule has 4 rings (SSSR count). The fraction of sp³-hybridized carbons (Fsp3) is 0.533. The van der Waals surface area contributed by atoms with Gasteiger partial charge in [-0.05, 0) is 6.07 Å². The highest BCUT2D eigenvalue weighted by Crippen LogP contribution is 2.29. The van der Waals surface area contributed by atoms with Crippen LogP contribution in [0.4, 0.5) is 5.13 Å². The van der Waals surface area contributed by atoms with E-state index in [0.717, 1.165) is 21.9 Å². The second kappa shape index (κ2) is 6.38. The lowest BCUT2D eigenvalue weighted by Crippen LogP contribution is -2.53. The van der Waals surface area contributed by atoms with E-state index in [1.54, 1.807) is 23.7 Å². The lowest BCUT2D eigenvalue weighted by atomic mass is 10.2. The number of nitrogens with zero attached hydrogens (tertiary/aromatic N) is 4. The van der Waals surface area contributed by atoms with Crippen molar-refractivity contribution in [2.75, 3.05) is 50.9 Å². The molecule has 0 spiro atoms. The molecule has 1 amide bonds. The zero-order chi connectivity index (χ0) is 15.6. The summed E-state index contributed by atoms with van der Waals surface area (Å²) < 4.78 is 12.1. The highest BCUT2D eigenvalue weighted by molar-refractivity contribution is 7.22. The monoisotopic (exact) mass is 334 g/mol. The number of pyridine rings is 1. The maximum Gasteiger partial charge on any atom is 0.253 e. The van der Waals surface area contributed by atoms with E-state index in [2.05, 4.69) is 14.9 Å². The molecular weight excluding hydrogens is 316 g/mol. The summed E-state index contributed by atoms with van der Waals surface area (Å²) >= 11 is 1.63. The molecule has 2 aromatic rings. The third kappa shape index (κ3) is 3.01. The van der Waals surface area contributed by atoms with Crippen LogP contribution in [0.1, 0.15) is 0 Å². The lowest BCUT2D eigenvalue weighted by Gasteiger charge is -2.36. The van der Waals surface area contributed by atoms with Crippen molar-refractivity contribution in [2.45, 2.75) is 6.10 Å². The molecule has 1 atom stereocenters. The van der Waals surface area contributed by atoms with Crippen LogP contribution < -0.4 is 4.90 Å². The summed E-state index contributed by atoms with van der Waals surface area (Å²) in [7, 11) is 0. The third-order valence-corrected chi connectivity index (χ3v) is 5.21. The minimum atomic E-state index is -0.424. The van der Waals surface area contributed by atoms with Crippen LogP contribution in [-0.4, -0.2) is 72.9 Å². The van der Waals surface area contributed by atoms with Crippen molar-refractivity contribution in [3.8, 4) is 0 Å². The van der Waals surface area contributed by atoms with Gasteiger partial charge < -0.3 is 19.3 Å². The summed E-state index contributed by atoms with van der Waals surface area (Å²) in [6.45, 7) is 4.33. The number of thiazole rings is 1. The van der Waals surface area contributed by atoms with Gasteiger partial charge in [-0.25, -0.2) is 4.98 Å². The Balaban J connectivity index is 1.48. The number of rotatable bonds is 2. The van der Waals surface area contributed by atoms with E-state index in [1.807, 2.05) is 11.0 Å². The number of anilines is 1. The minimum absolute atomic E-state index is 0.0563. The maximum absolute atomic E-state index is 12.6. The van der Waals surface area contributed by atoms with Crippen molar-refractivity contribution in [1.82, 2.24) is 14.9 Å². The number of hydrogen-bond donors (Lipinski definition) is 0. The fourth-order valence-electron chi connectivity index (χ4n) is 2.86. The Bertz CT molecular complexity index is 668. The van der Waals surface area contributed by atoms with Crippen LogP contribution in [0.3, 0.4) is 0 Å². The molecule has 0 N–H and O–H groups in total. The predicted octanol–water partition coefficient (Wildman–Crippen LogP) is 0.755. The minimum Gasteiger partial charge on any atom is -0.378 e. The van der Waals surface area contributed by atoms with Crippen LogP contribution >= 0.6 is 11.3 Å². The summed E-state index contributed by atoms with van der Waals surface area (Å²) in [5, 5.41) is 0.927. The summed E-state index contributed by atoms with van der Waals surface area (Å²) in [6, 6.07) is 1.97. The quantitative estimate of drug-likeness (QED) is 0.808. The van der Waals surface area contributed by atoms with Crippen LogP contribution in [0.2, 0.25) is 0 Å². The number of morpholine rings is 2. The van der Waals surface area contributed by atoms with Crippen molar-refractivity contribution in [1.29, 1.82) is 0 Å². The summed E-state index contributed by atoms with van der Waals surface area (Å²) in [5.41, 5.74) is 0.898. The first kappa shape index (κ1) is 14.8. The molecule has 2 saturated heterocycles. The molecule has 23 heavy (non-hydrogen) atoms. The van der Waals surface area contributed by atoms with Gasteiger partial charge in [-0.1, -0.05) is 11.3 Å². The number of hydrogen-bond acceptors (Lipinski definition) is 7. The SMILES string of the molecule is O=C(C1CN(c2nc3cnccc3s2)CCO1)N1CCOCC1. The zero-order valence-corrected chi connectivity index (χ0v) is 13.5.